The van der Waals surface area contributed by atoms with Gasteiger partial charge in [0.05, 0.1) is 20.3 Å². The van der Waals surface area contributed by atoms with Crippen LogP contribution in [0.4, 0.5) is 0 Å². The molecular formula is C16H27N2O6P. The Hall–Kier alpha value is -1.60. The van der Waals surface area contributed by atoms with Gasteiger partial charge in [0.25, 0.3) is 0 Å². The van der Waals surface area contributed by atoms with E-state index in [1.807, 2.05) is 13.8 Å². The van der Waals surface area contributed by atoms with Crippen molar-refractivity contribution in [3.05, 3.63) is 23.8 Å². The van der Waals surface area contributed by atoms with Crippen molar-refractivity contribution in [1.82, 2.24) is 5.32 Å². The lowest BCUT2D eigenvalue weighted by Gasteiger charge is -2.23. The number of amides is 1. The molecule has 2 atom stereocenters. The van der Waals surface area contributed by atoms with Crippen molar-refractivity contribution in [1.29, 1.82) is 0 Å². The van der Waals surface area contributed by atoms with Crippen LogP contribution in [-0.4, -0.2) is 41.7 Å². The SMILES string of the molecule is COc1ccc(CC(NC(=O)C(N)CC(C)C)P(=O)(O)O)cc1OC. The number of methoxy groups -OCH3 is 2. The highest BCUT2D eigenvalue weighted by atomic mass is 31.2. The summed E-state index contributed by atoms with van der Waals surface area (Å²) in [6.07, 6.45) is 0.362. The van der Waals surface area contributed by atoms with E-state index in [4.69, 9.17) is 15.2 Å². The summed E-state index contributed by atoms with van der Waals surface area (Å²) in [7, 11) is -1.61. The van der Waals surface area contributed by atoms with Crippen LogP contribution in [0.5, 0.6) is 11.5 Å². The Morgan fingerprint density at radius 2 is 1.84 bits per heavy atom. The highest BCUT2D eigenvalue weighted by molar-refractivity contribution is 7.52. The zero-order valence-corrected chi connectivity index (χ0v) is 15.8. The Morgan fingerprint density at radius 3 is 2.32 bits per heavy atom. The lowest BCUT2D eigenvalue weighted by Crippen LogP contribution is -2.46. The smallest absolute Gasteiger partial charge is 0.347 e. The number of hydrogen-bond donors (Lipinski definition) is 4. The van der Waals surface area contributed by atoms with Gasteiger partial charge in [-0.2, -0.15) is 0 Å². The molecule has 0 fully saturated rings. The Morgan fingerprint density at radius 1 is 1.24 bits per heavy atom. The van der Waals surface area contributed by atoms with E-state index in [1.54, 1.807) is 18.2 Å². The molecule has 5 N–H and O–H groups in total. The minimum absolute atomic E-state index is 0.0647. The van der Waals surface area contributed by atoms with Crippen molar-refractivity contribution in [2.45, 2.75) is 38.5 Å². The van der Waals surface area contributed by atoms with E-state index in [1.165, 1.54) is 14.2 Å². The van der Waals surface area contributed by atoms with E-state index >= 15 is 0 Å². The van der Waals surface area contributed by atoms with Crippen LogP contribution < -0.4 is 20.5 Å². The fraction of sp³-hybridized carbons (Fsp3) is 0.562. The molecule has 0 aliphatic heterocycles. The molecule has 0 aliphatic carbocycles. The Kier molecular flexibility index (Phi) is 7.89. The second-order valence-corrected chi connectivity index (χ2v) is 8.04. The first kappa shape index (κ1) is 21.4. The molecule has 1 aromatic rings. The molecule has 1 aromatic carbocycles. The summed E-state index contributed by atoms with van der Waals surface area (Å²) in [4.78, 5) is 31.3. The highest BCUT2D eigenvalue weighted by Crippen LogP contribution is 2.42. The van der Waals surface area contributed by atoms with Crippen LogP contribution in [0.1, 0.15) is 25.8 Å². The van der Waals surface area contributed by atoms with Crippen molar-refractivity contribution < 1.29 is 28.6 Å². The van der Waals surface area contributed by atoms with Gasteiger partial charge in [-0.25, -0.2) is 0 Å². The Bertz CT molecular complexity index is 631. The van der Waals surface area contributed by atoms with Crippen molar-refractivity contribution in [2.75, 3.05) is 14.2 Å². The maximum Gasteiger partial charge on any atom is 0.347 e. The van der Waals surface area contributed by atoms with E-state index in [-0.39, 0.29) is 12.3 Å². The predicted molar refractivity (Wildman–Crippen MR) is 94.7 cm³/mol. The second kappa shape index (κ2) is 9.20. The number of ether oxygens (including phenoxy) is 2. The first-order chi connectivity index (χ1) is 11.6. The van der Waals surface area contributed by atoms with Gasteiger partial charge in [-0.15, -0.1) is 0 Å². The van der Waals surface area contributed by atoms with Crippen molar-refractivity contribution in [3.8, 4) is 11.5 Å². The molecule has 142 valence electrons. The number of carbonyl (C=O) groups is 1. The van der Waals surface area contributed by atoms with Crippen LogP contribution >= 0.6 is 7.60 Å². The van der Waals surface area contributed by atoms with Crippen LogP contribution in [0.25, 0.3) is 0 Å². The molecule has 0 radical (unpaired) electrons. The van der Waals surface area contributed by atoms with Gasteiger partial charge in [0, 0.05) is 6.42 Å². The largest absolute Gasteiger partial charge is 0.493 e. The number of nitrogens with one attached hydrogen (secondary N) is 1. The molecule has 0 saturated heterocycles. The molecule has 25 heavy (non-hydrogen) atoms. The molecule has 0 aliphatic rings. The van der Waals surface area contributed by atoms with Gasteiger partial charge in [-0.05, 0) is 30.0 Å². The first-order valence-electron chi connectivity index (χ1n) is 7.90. The third kappa shape index (κ3) is 6.66. The van der Waals surface area contributed by atoms with Crippen LogP contribution in [-0.2, 0) is 15.8 Å². The van der Waals surface area contributed by atoms with E-state index in [2.05, 4.69) is 5.32 Å². The number of rotatable bonds is 9. The summed E-state index contributed by atoms with van der Waals surface area (Å²) in [5.41, 5.74) is 6.37. The summed E-state index contributed by atoms with van der Waals surface area (Å²) >= 11 is 0. The quantitative estimate of drug-likeness (QED) is 0.478. The minimum atomic E-state index is -4.57. The molecule has 9 heteroatoms. The van der Waals surface area contributed by atoms with E-state index in [0.717, 1.165) is 0 Å². The number of carbonyl (C=O) groups excluding carboxylic acids is 1. The molecule has 1 rings (SSSR count). The number of hydrogen-bond acceptors (Lipinski definition) is 5. The Labute approximate surface area is 147 Å². The van der Waals surface area contributed by atoms with E-state index in [0.29, 0.717) is 23.5 Å². The van der Waals surface area contributed by atoms with Crippen molar-refractivity contribution in [2.24, 2.45) is 11.7 Å². The van der Waals surface area contributed by atoms with Crippen LogP contribution in [0.15, 0.2) is 18.2 Å². The fourth-order valence-electron chi connectivity index (χ4n) is 2.37. The van der Waals surface area contributed by atoms with Crippen LogP contribution in [0.2, 0.25) is 0 Å². The van der Waals surface area contributed by atoms with Gasteiger partial charge in [0.2, 0.25) is 5.91 Å². The summed E-state index contributed by atoms with van der Waals surface area (Å²) in [5.74, 6) is -0.812. The highest BCUT2D eigenvalue weighted by Gasteiger charge is 2.32. The molecule has 0 heterocycles. The molecule has 1 amide bonds. The fourth-order valence-corrected chi connectivity index (χ4v) is 3.12. The summed E-state index contributed by atoms with van der Waals surface area (Å²) in [5, 5.41) is 2.38. The molecule has 0 spiro atoms. The Balaban J connectivity index is 2.94. The van der Waals surface area contributed by atoms with Gasteiger partial charge in [0.1, 0.15) is 5.78 Å². The van der Waals surface area contributed by atoms with Gasteiger partial charge < -0.3 is 30.3 Å². The summed E-state index contributed by atoms with van der Waals surface area (Å²) in [6.45, 7) is 3.83. The maximum atomic E-state index is 12.1. The van der Waals surface area contributed by atoms with Crippen LogP contribution in [0.3, 0.4) is 0 Å². The first-order valence-corrected chi connectivity index (χ1v) is 9.58. The summed E-state index contributed by atoms with van der Waals surface area (Å²) in [6, 6.07) is 4.09. The zero-order chi connectivity index (χ0) is 19.2. The van der Waals surface area contributed by atoms with Gasteiger partial charge in [-0.1, -0.05) is 19.9 Å². The lowest BCUT2D eigenvalue weighted by molar-refractivity contribution is -0.123. The molecule has 0 saturated carbocycles. The van der Waals surface area contributed by atoms with Gasteiger partial charge in [-0.3, -0.25) is 9.36 Å². The lowest BCUT2D eigenvalue weighted by atomic mass is 10.0. The van der Waals surface area contributed by atoms with Crippen LogP contribution in [0, 0.1) is 5.92 Å². The molecule has 8 nitrogen and oxygen atoms in total. The summed E-state index contributed by atoms with van der Waals surface area (Å²) < 4.78 is 22.1. The van der Waals surface area contributed by atoms with E-state index in [9.17, 15) is 19.1 Å². The average molecular weight is 374 g/mol. The topological polar surface area (TPSA) is 131 Å². The zero-order valence-electron chi connectivity index (χ0n) is 14.9. The average Bonchev–Trinajstić information content (AvgIpc) is 2.52. The molecular weight excluding hydrogens is 347 g/mol. The minimum Gasteiger partial charge on any atom is -0.493 e. The van der Waals surface area contributed by atoms with Gasteiger partial charge >= 0.3 is 7.60 Å². The normalized spacial score (nSPS) is 14.1. The molecule has 0 aromatic heterocycles. The standard InChI is InChI=1S/C16H27N2O6P/c1-10(2)7-12(17)16(19)18-15(25(20,21)22)9-11-5-6-13(23-3)14(8-11)24-4/h5-6,8,10,12,15H,7,9,17H2,1-4H3,(H,18,19)(H2,20,21,22). The van der Waals surface area contributed by atoms with Gasteiger partial charge in [0.15, 0.2) is 11.5 Å². The molecule has 2 unspecified atom stereocenters. The second-order valence-electron chi connectivity index (χ2n) is 6.24. The molecule has 0 bridgehead atoms. The number of benzene rings is 1. The van der Waals surface area contributed by atoms with Crippen molar-refractivity contribution >= 4 is 13.5 Å². The number of nitrogens with two attached hydrogens (primary N) is 1. The third-order valence-corrected chi connectivity index (χ3v) is 4.78. The third-order valence-electron chi connectivity index (χ3n) is 3.65. The van der Waals surface area contributed by atoms with Crippen molar-refractivity contribution in [3.63, 3.8) is 0 Å². The van der Waals surface area contributed by atoms with E-state index < -0.39 is 25.3 Å². The maximum absolute atomic E-state index is 12.1. The monoisotopic (exact) mass is 374 g/mol. The predicted octanol–water partition coefficient (Wildman–Crippen LogP) is 1.24.